The number of aromatic nitrogens is 2. The number of rotatable bonds is 6. The second-order valence-corrected chi connectivity index (χ2v) is 8.76. The fraction of sp³-hybridized carbons (Fsp3) is 0.207. The van der Waals surface area contributed by atoms with Crippen molar-refractivity contribution in [3.63, 3.8) is 0 Å². The molecule has 0 bridgehead atoms. The summed E-state index contributed by atoms with van der Waals surface area (Å²) in [6.45, 7) is 2.05. The maximum absolute atomic E-state index is 13.8. The van der Waals surface area contributed by atoms with E-state index >= 15 is 0 Å². The van der Waals surface area contributed by atoms with Crippen LogP contribution < -0.4 is 5.56 Å². The van der Waals surface area contributed by atoms with Crippen LogP contribution in [0.15, 0.2) is 96.1 Å². The van der Waals surface area contributed by atoms with Crippen LogP contribution in [0, 0.1) is 0 Å². The molecular formula is C29H27N3O3. The Balaban J connectivity index is 1.44. The molecule has 0 saturated heterocycles. The minimum atomic E-state index is -0.346. The number of hydrogen-bond acceptors (Lipinski definition) is 5. The Morgan fingerprint density at radius 1 is 0.943 bits per heavy atom. The van der Waals surface area contributed by atoms with Gasteiger partial charge in [-0.15, -0.1) is 0 Å². The Hall–Kier alpha value is -4.03. The molecule has 4 aromatic rings. The lowest BCUT2D eigenvalue weighted by Gasteiger charge is -2.29. The molecule has 3 aromatic carbocycles. The van der Waals surface area contributed by atoms with Crippen LogP contribution in [-0.2, 0) is 24.2 Å². The van der Waals surface area contributed by atoms with E-state index in [0.29, 0.717) is 18.7 Å². The summed E-state index contributed by atoms with van der Waals surface area (Å²) in [6.07, 6.45) is 2.43. The lowest BCUT2D eigenvalue weighted by Crippen LogP contribution is -2.38. The Kier molecular flexibility index (Phi) is 6.55. The third-order valence-corrected chi connectivity index (χ3v) is 6.52. The first-order valence-corrected chi connectivity index (χ1v) is 11.7. The van der Waals surface area contributed by atoms with Gasteiger partial charge in [-0.1, -0.05) is 72.8 Å². The molecule has 6 heteroatoms. The summed E-state index contributed by atoms with van der Waals surface area (Å²) < 4.78 is 6.54. The molecule has 0 unspecified atom stereocenters. The van der Waals surface area contributed by atoms with Gasteiger partial charge in [-0.3, -0.25) is 14.3 Å². The van der Waals surface area contributed by atoms with E-state index in [1.54, 1.807) is 23.0 Å². The van der Waals surface area contributed by atoms with E-state index in [-0.39, 0.29) is 17.6 Å². The van der Waals surface area contributed by atoms with Gasteiger partial charge in [-0.25, -0.2) is 9.78 Å². The minimum absolute atomic E-state index is 0.00144. The van der Waals surface area contributed by atoms with Crippen molar-refractivity contribution in [1.29, 1.82) is 0 Å². The normalized spacial score (nSPS) is 13.4. The SMILES string of the molecule is COC(=O)c1ccc(CN2CCc3ncn(C(c4ccccc4)c4ccccc4)c(=O)c3C2)cc1. The predicted octanol–water partition coefficient (Wildman–Crippen LogP) is 4.23. The van der Waals surface area contributed by atoms with Crippen molar-refractivity contribution >= 4 is 5.97 Å². The molecule has 0 aliphatic carbocycles. The largest absolute Gasteiger partial charge is 0.465 e. The van der Waals surface area contributed by atoms with Gasteiger partial charge in [0.2, 0.25) is 0 Å². The van der Waals surface area contributed by atoms with Crippen molar-refractivity contribution in [3.05, 3.63) is 135 Å². The van der Waals surface area contributed by atoms with E-state index in [1.165, 1.54) is 7.11 Å². The zero-order chi connectivity index (χ0) is 24.2. The van der Waals surface area contributed by atoms with E-state index in [0.717, 1.165) is 40.9 Å². The molecule has 5 rings (SSSR count). The number of carbonyl (C=O) groups is 1. The van der Waals surface area contributed by atoms with E-state index in [2.05, 4.69) is 4.90 Å². The predicted molar refractivity (Wildman–Crippen MR) is 134 cm³/mol. The van der Waals surface area contributed by atoms with Crippen LogP contribution >= 0.6 is 0 Å². The summed E-state index contributed by atoms with van der Waals surface area (Å²) in [5.74, 6) is -0.346. The zero-order valence-electron chi connectivity index (χ0n) is 19.6. The molecule has 0 amide bonds. The molecule has 0 N–H and O–H groups in total. The third kappa shape index (κ3) is 4.79. The highest BCUT2D eigenvalue weighted by atomic mass is 16.5. The van der Waals surface area contributed by atoms with Crippen LogP contribution in [0.25, 0.3) is 0 Å². The van der Waals surface area contributed by atoms with Gasteiger partial charge in [0.15, 0.2) is 0 Å². The number of ether oxygens (including phenoxy) is 1. The van der Waals surface area contributed by atoms with Crippen LogP contribution in [0.4, 0.5) is 0 Å². The van der Waals surface area contributed by atoms with Crippen LogP contribution in [0.5, 0.6) is 0 Å². The summed E-state index contributed by atoms with van der Waals surface area (Å²) in [4.78, 5) is 32.5. The topological polar surface area (TPSA) is 64.4 Å². The van der Waals surface area contributed by atoms with Crippen molar-refractivity contribution in [3.8, 4) is 0 Å². The lowest BCUT2D eigenvalue weighted by atomic mass is 9.98. The second-order valence-electron chi connectivity index (χ2n) is 8.76. The number of carbonyl (C=O) groups excluding carboxylic acids is 1. The van der Waals surface area contributed by atoms with Gasteiger partial charge < -0.3 is 4.74 Å². The Morgan fingerprint density at radius 2 is 1.57 bits per heavy atom. The quantitative estimate of drug-likeness (QED) is 0.399. The molecule has 0 radical (unpaired) electrons. The zero-order valence-corrected chi connectivity index (χ0v) is 19.6. The first-order chi connectivity index (χ1) is 17.1. The van der Waals surface area contributed by atoms with Gasteiger partial charge >= 0.3 is 5.97 Å². The fourth-order valence-electron chi connectivity index (χ4n) is 4.71. The van der Waals surface area contributed by atoms with Crippen LogP contribution in [-0.4, -0.2) is 34.1 Å². The molecule has 35 heavy (non-hydrogen) atoms. The molecule has 0 atom stereocenters. The first kappa shape index (κ1) is 22.7. The summed E-state index contributed by atoms with van der Waals surface area (Å²) in [7, 11) is 1.38. The summed E-state index contributed by atoms with van der Waals surface area (Å²) in [6, 6.07) is 27.3. The Morgan fingerprint density at radius 3 is 2.17 bits per heavy atom. The molecule has 2 heterocycles. The van der Waals surface area contributed by atoms with Crippen LogP contribution in [0.3, 0.4) is 0 Å². The van der Waals surface area contributed by atoms with E-state index in [4.69, 9.17) is 9.72 Å². The van der Waals surface area contributed by atoms with Gasteiger partial charge in [0.1, 0.15) is 0 Å². The Bertz CT molecular complexity index is 1330. The number of esters is 1. The van der Waals surface area contributed by atoms with Gasteiger partial charge in [0.05, 0.1) is 36.3 Å². The average Bonchev–Trinajstić information content (AvgIpc) is 2.91. The molecule has 0 saturated carbocycles. The summed E-state index contributed by atoms with van der Waals surface area (Å²) in [5.41, 5.74) is 5.32. The van der Waals surface area contributed by atoms with Crippen molar-refractivity contribution in [2.45, 2.75) is 25.6 Å². The number of hydrogen-bond donors (Lipinski definition) is 0. The van der Waals surface area contributed by atoms with E-state index in [9.17, 15) is 9.59 Å². The maximum Gasteiger partial charge on any atom is 0.337 e. The third-order valence-electron chi connectivity index (χ3n) is 6.52. The van der Waals surface area contributed by atoms with E-state index in [1.807, 2.05) is 72.8 Å². The summed E-state index contributed by atoms with van der Waals surface area (Å²) >= 11 is 0. The van der Waals surface area contributed by atoms with Gasteiger partial charge in [-0.05, 0) is 28.8 Å². The number of fused-ring (bicyclic) bond motifs is 1. The Labute approximate surface area is 204 Å². The highest BCUT2D eigenvalue weighted by Crippen LogP contribution is 2.26. The minimum Gasteiger partial charge on any atom is -0.465 e. The van der Waals surface area contributed by atoms with Crippen molar-refractivity contribution in [2.24, 2.45) is 0 Å². The molecule has 176 valence electrons. The molecule has 1 aliphatic rings. The van der Waals surface area contributed by atoms with Gasteiger partial charge in [-0.2, -0.15) is 0 Å². The molecule has 0 spiro atoms. The first-order valence-electron chi connectivity index (χ1n) is 11.7. The molecule has 1 aliphatic heterocycles. The maximum atomic E-state index is 13.8. The van der Waals surface area contributed by atoms with Gasteiger partial charge in [0, 0.05) is 26.1 Å². The van der Waals surface area contributed by atoms with Crippen molar-refractivity contribution < 1.29 is 9.53 Å². The highest BCUT2D eigenvalue weighted by Gasteiger charge is 2.25. The monoisotopic (exact) mass is 465 g/mol. The molecule has 0 fully saturated rings. The highest BCUT2D eigenvalue weighted by molar-refractivity contribution is 5.89. The summed E-state index contributed by atoms with van der Waals surface area (Å²) in [5, 5.41) is 0. The second kappa shape index (κ2) is 10.1. The standard InChI is InChI=1S/C29H27N3O3/c1-35-29(34)24-14-12-21(13-15-24)18-31-17-16-26-25(19-31)28(33)32(20-30-26)27(22-8-4-2-5-9-22)23-10-6-3-7-11-23/h2-15,20,27H,16-19H2,1H3. The van der Waals surface area contributed by atoms with Gasteiger partial charge in [0.25, 0.3) is 5.56 Å². The van der Waals surface area contributed by atoms with Crippen molar-refractivity contribution in [2.75, 3.05) is 13.7 Å². The fourth-order valence-corrected chi connectivity index (χ4v) is 4.71. The number of nitrogens with zero attached hydrogens (tertiary/aromatic N) is 3. The lowest BCUT2D eigenvalue weighted by molar-refractivity contribution is 0.0600. The van der Waals surface area contributed by atoms with E-state index < -0.39 is 0 Å². The number of methoxy groups -OCH3 is 1. The van der Waals surface area contributed by atoms with Crippen molar-refractivity contribution in [1.82, 2.24) is 14.5 Å². The molecule has 6 nitrogen and oxygen atoms in total. The molecule has 1 aromatic heterocycles. The molecular weight excluding hydrogens is 438 g/mol. The smallest absolute Gasteiger partial charge is 0.337 e. The van der Waals surface area contributed by atoms with Crippen LogP contribution in [0.1, 0.15) is 44.3 Å². The number of benzene rings is 3. The average molecular weight is 466 g/mol. The van der Waals surface area contributed by atoms with Crippen LogP contribution in [0.2, 0.25) is 0 Å².